The smallest absolute Gasteiger partial charge is 0.310 e. The molecular weight excluding hydrogens is 399 g/mol. The summed E-state index contributed by atoms with van der Waals surface area (Å²) in [6.45, 7) is 3.96. The number of carbonyl (C=O) groups is 1. The van der Waals surface area contributed by atoms with Gasteiger partial charge in [0.15, 0.2) is 11.5 Å². The normalized spacial score (nSPS) is 17.4. The number of fused-ring (bicyclic) bond motifs is 1. The number of ether oxygens (including phenoxy) is 1. The lowest BCUT2D eigenvalue weighted by Gasteiger charge is -2.31. The van der Waals surface area contributed by atoms with E-state index in [-0.39, 0.29) is 29.1 Å². The predicted octanol–water partition coefficient (Wildman–Crippen LogP) is 5.13. The number of nitrogens with zero attached hydrogens (tertiary/aromatic N) is 4. The lowest BCUT2D eigenvalue weighted by molar-refractivity contribution is -0.150. The number of carbonyl (C=O) groups excluding carboxylic acids is 1. The summed E-state index contributed by atoms with van der Waals surface area (Å²) in [6, 6.07) is 13.6. The third kappa shape index (κ3) is 4.44. The molecule has 1 aromatic heterocycles. The first-order valence-corrected chi connectivity index (χ1v) is 10.4. The van der Waals surface area contributed by atoms with Gasteiger partial charge >= 0.3 is 5.97 Å². The summed E-state index contributed by atoms with van der Waals surface area (Å²) >= 11 is 0. The van der Waals surface area contributed by atoms with Crippen LogP contribution in [0.3, 0.4) is 0 Å². The van der Waals surface area contributed by atoms with E-state index < -0.39 is 5.82 Å². The molecule has 0 unspecified atom stereocenters. The third-order valence-electron chi connectivity index (χ3n) is 5.49. The molecule has 0 spiro atoms. The van der Waals surface area contributed by atoms with E-state index in [0.29, 0.717) is 19.8 Å². The Morgan fingerprint density at radius 1 is 1.19 bits per heavy atom. The largest absolute Gasteiger partial charge is 0.493 e. The Balaban J connectivity index is 1.62. The molecule has 0 bridgehead atoms. The van der Waals surface area contributed by atoms with Crippen molar-refractivity contribution in [1.82, 2.24) is 9.47 Å². The summed E-state index contributed by atoms with van der Waals surface area (Å²) in [4.78, 5) is 14.3. The number of azo groups is 1. The molecule has 162 valence electrons. The van der Waals surface area contributed by atoms with Crippen LogP contribution in [0.5, 0.6) is 5.88 Å². The molecule has 1 fully saturated rings. The Labute approximate surface area is 179 Å². The van der Waals surface area contributed by atoms with Crippen molar-refractivity contribution in [3.63, 3.8) is 0 Å². The molecule has 1 aliphatic heterocycles. The number of halogens is 1. The third-order valence-corrected chi connectivity index (χ3v) is 5.49. The molecule has 0 amide bonds. The minimum atomic E-state index is -0.479. The highest BCUT2D eigenvalue weighted by atomic mass is 19.1. The summed E-state index contributed by atoms with van der Waals surface area (Å²) in [5.41, 5.74) is 1.19. The molecule has 0 saturated carbocycles. The van der Waals surface area contributed by atoms with Crippen molar-refractivity contribution >= 4 is 28.2 Å². The van der Waals surface area contributed by atoms with E-state index in [1.54, 1.807) is 23.6 Å². The van der Waals surface area contributed by atoms with Gasteiger partial charge in [-0.15, -0.1) is 10.2 Å². The van der Waals surface area contributed by atoms with Crippen molar-refractivity contribution in [2.75, 3.05) is 19.7 Å². The Morgan fingerprint density at radius 2 is 1.97 bits per heavy atom. The van der Waals surface area contributed by atoms with Gasteiger partial charge in [-0.2, -0.15) is 0 Å². The van der Waals surface area contributed by atoms with Gasteiger partial charge in [0, 0.05) is 11.9 Å². The van der Waals surface area contributed by atoms with Crippen LogP contribution in [0.15, 0.2) is 58.8 Å². The van der Waals surface area contributed by atoms with Crippen molar-refractivity contribution < 1.29 is 19.0 Å². The van der Waals surface area contributed by atoms with E-state index >= 15 is 0 Å². The average molecular weight is 424 g/mol. The molecule has 0 radical (unpaired) electrons. The summed E-state index contributed by atoms with van der Waals surface area (Å²) in [5.74, 6) is -0.863. The van der Waals surface area contributed by atoms with Crippen LogP contribution in [0.2, 0.25) is 0 Å². The van der Waals surface area contributed by atoms with Crippen molar-refractivity contribution in [3.8, 4) is 5.88 Å². The number of aromatic nitrogens is 1. The number of rotatable bonds is 6. The molecule has 4 rings (SSSR count). The Morgan fingerprint density at radius 3 is 2.77 bits per heavy atom. The summed E-state index contributed by atoms with van der Waals surface area (Å²) in [6.07, 6.45) is 1.68. The van der Waals surface area contributed by atoms with Gasteiger partial charge in [-0.3, -0.25) is 14.3 Å². The van der Waals surface area contributed by atoms with E-state index in [1.807, 2.05) is 24.3 Å². The highest BCUT2D eigenvalue weighted by Gasteiger charge is 2.28. The van der Waals surface area contributed by atoms with Crippen molar-refractivity contribution in [2.45, 2.75) is 26.4 Å². The zero-order valence-electron chi connectivity index (χ0n) is 17.4. The first kappa shape index (κ1) is 21.0. The highest BCUT2D eigenvalue weighted by molar-refractivity contribution is 5.95. The fourth-order valence-corrected chi connectivity index (χ4v) is 3.99. The number of piperidine rings is 1. The molecule has 31 heavy (non-hydrogen) atoms. The van der Waals surface area contributed by atoms with Crippen LogP contribution < -0.4 is 0 Å². The summed E-state index contributed by atoms with van der Waals surface area (Å²) in [7, 11) is 0. The molecule has 1 aliphatic rings. The van der Waals surface area contributed by atoms with Crippen LogP contribution in [-0.4, -0.2) is 40.2 Å². The van der Waals surface area contributed by atoms with Gasteiger partial charge in [0.2, 0.25) is 5.88 Å². The van der Waals surface area contributed by atoms with Crippen LogP contribution in [0.25, 0.3) is 10.9 Å². The predicted molar refractivity (Wildman–Crippen MR) is 115 cm³/mol. The average Bonchev–Trinajstić information content (AvgIpc) is 3.05. The van der Waals surface area contributed by atoms with E-state index in [2.05, 4.69) is 15.1 Å². The van der Waals surface area contributed by atoms with Gasteiger partial charge in [-0.1, -0.05) is 30.3 Å². The maximum Gasteiger partial charge on any atom is 0.310 e. The number of benzene rings is 2. The molecule has 0 aliphatic carbocycles. The fourth-order valence-electron chi connectivity index (χ4n) is 3.99. The van der Waals surface area contributed by atoms with Gasteiger partial charge in [-0.25, -0.2) is 4.39 Å². The SMILES string of the molecule is CCOC(=O)[C@@H]1CCCN(Cn2c(O)c(N=Nc3ccccc3F)c3ccccc32)C1. The van der Waals surface area contributed by atoms with E-state index in [9.17, 15) is 14.3 Å². The standard InChI is InChI=1S/C23H25FN4O3/c1-2-31-23(30)16-8-7-13-27(14-16)15-28-20-12-6-3-9-17(20)21(22(28)29)26-25-19-11-5-4-10-18(19)24/h3-6,9-12,16,29H,2,7-8,13-15H2,1H3/t16-/m1/s1. The second kappa shape index (κ2) is 9.26. The molecular formula is C23H25FN4O3. The number of esters is 1. The summed E-state index contributed by atoms with van der Waals surface area (Å²) < 4.78 is 20.8. The Kier molecular flexibility index (Phi) is 6.27. The van der Waals surface area contributed by atoms with Crippen LogP contribution in [0.4, 0.5) is 15.8 Å². The number of para-hydroxylation sites is 1. The number of hydrogen-bond donors (Lipinski definition) is 1. The minimum Gasteiger partial charge on any atom is -0.493 e. The molecule has 3 aromatic rings. The van der Waals surface area contributed by atoms with E-state index in [1.165, 1.54) is 12.1 Å². The van der Waals surface area contributed by atoms with Gasteiger partial charge in [0.1, 0.15) is 5.69 Å². The first-order valence-electron chi connectivity index (χ1n) is 10.4. The molecule has 8 heteroatoms. The van der Waals surface area contributed by atoms with Gasteiger partial charge in [0.25, 0.3) is 0 Å². The van der Waals surface area contributed by atoms with E-state index in [4.69, 9.17) is 4.74 Å². The monoisotopic (exact) mass is 424 g/mol. The van der Waals surface area contributed by atoms with Crippen molar-refractivity contribution in [1.29, 1.82) is 0 Å². The lowest BCUT2D eigenvalue weighted by atomic mass is 9.98. The second-order valence-electron chi connectivity index (χ2n) is 7.58. The minimum absolute atomic E-state index is 0.0421. The summed E-state index contributed by atoms with van der Waals surface area (Å²) in [5, 5.41) is 19.8. The number of aromatic hydroxyl groups is 1. The van der Waals surface area contributed by atoms with Crippen LogP contribution in [-0.2, 0) is 16.2 Å². The zero-order valence-corrected chi connectivity index (χ0v) is 17.4. The maximum absolute atomic E-state index is 13.9. The van der Waals surface area contributed by atoms with Gasteiger partial charge in [0.05, 0.1) is 24.7 Å². The molecule has 1 saturated heterocycles. The quantitative estimate of drug-likeness (QED) is 0.439. The molecule has 1 N–H and O–H groups in total. The second-order valence-corrected chi connectivity index (χ2v) is 7.58. The van der Waals surface area contributed by atoms with Crippen LogP contribution in [0.1, 0.15) is 19.8 Å². The van der Waals surface area contributed by atoms with Gasteiger partial charge < -0.3 is 9.84 Å². The maximum atomic E-state index is 13.9. The van der Waals surface area contributed by atoms with Crippen molar-refractivity contribution in [2.24, 2.45) is 16.1 Å². The Bertz CT molecular complexity index is 1110. The van der Waals surface area contributed by atoms with Crippen LogP contribution >= 0.6 is 0 Å². The Hall–Kier alpha value is -3.26. The fraction of sp³-hybridized carbons (Fsp3) is 0.348. The molecule has 1 atom stereocenters. The number of hydrogen-bond acceptors (Lipinski definition) is 6. The molecule has 7 nitrogen and oxygen atoms in total. The first-order chi connectivity index (χ1) is 15.1. The molecule has 2 heterocycles. The van der Waals surface area contributed by atoms with Gasteiger partial charge in [-0.05, 0) is 44.5 Å². The number of likely N-dealkylation sites (tertiary alicyclic amines) is 1. The topological polar surface area (TPSA) is 79.4 Å². The van der Waals surface area contributed by atoms with E-state index in [0.717, 1.165) is 30.3 Å². The zero-order chi connectivity index (χ0) is 21.8. The highest BCUT2D eigenvalue weighted by Crippen LogP contribution is 2.40. The van der Waals surface area contributed by atoms with Crippen LogP contribution in [0, 0.1) is 11.7 Å². The molecule has 2 aromatic carbocycles. The lowest BCUT2D eigenvalue weighted by Crippen LogP contribution is -2.40. The van der Waals surface area contributed by atoms with Crippen molar-refractivity contribution in [3.05, 3.63) is 54.3 Å².